The van der Waals surface area contributed by atoms with Crippen LogP contribution in [0, 0.1) is 0 Å². The smallest absolute Gasteiger partial charge is 0.252 e. The molecule has 140 valence electrons. The molecule has 2 aromatic rings. The lowest BCUT2D eigenvalue weighted by Gasteiger charge is -2.31. The number of likely N-dealkylation sites (N-methyl/N-ethyl adjacent to an activating group) is 1. The van der Waals surface area contributed by atoms with Crippen LogP contribution in [0.4, 0.5) is 0 Å². The summed E-state index contributed by atoms with van der Waals surface area (Å²) in [5.41, 5.74) is 1.56. The van der Waals surface area contributed by atoms with Crippen molar-refractivity contribution in [1.82, 2.24) is 15.5 Å². The second kappa shape index (κ2) is 10.3. The molecular weight excluding hydrogens is 370 g/mol. The second-order valence-electron chi connectivity index (χ2n) is 5.76. The quantitative estimate of drug-likeness (QED) is 0.686. The largest absolute Gasteiger partial charge is 0.353 e. The van der Waals surface area contributed by atoms with Crippen LogP contribution in [0.25, 0.3) is 0 Å². The van der Waals surface area contributed by atoms with E-state index in [4.69, 9.17) is 11.6 Å². The zero-order valence-electron chi connectivity index (χ0n) is 15.0. The zero-order valence-corrected chi connectivity index (χ0v) is 16.6. The third-order valence-corrected chi connectivity index (χ3v) is 5.23. The maximum Gasteiger partial charge on any atom is 0.252 e. The highest BCUT2D eigenvalue weighted by Crippen LogP contribution is 2.26. The van der Waals surface area contributed by atoms with E-state index in [1.165, 1.54) is 11.3 Å². The highest BCUT2D eigenvalue weighted by molar-refractivity contribution is 7.08. The lowest BCUT2D eigenvalue weighted by atomic mass is 10.0. The van der Waals surface area contributed by atoms with Crippen LogP contribution in [0.5, 0.6) is 0 Å². The second-order valence-corrected chi connectivity index (χ2v) is 6.94. The fraction of sp³-hybridized carbons (Fsp3) is 0.368. The van der Waals surface area contributed by atoms with Crippen LogP contribution in [0.3, 0.4) is 0 Å². The normalized spacial score (nSPS) is 12.0. The van der Waals surface area contributed by atoms with E-state index < -0.39 is 0 Å². The fourth-order valence-corrected chi connectivity index (χ4v) is 3.67. The molecule has 0 saturated heterocycles. The molecule has 0 saturated carbocycles. The van der Waals surface area contributed by atoms with Crippen molar-refractivity contribution in [1.29, 1.82) is 0 Å². The Morgan fingerprint density at radius 1 is 1.15 bits per heavy atom. The Labute approximate surface area is 163 Å². The molecule has 0 fully saturated rings. The summed E-state index contributed by atoms with van der Waals surface area (Å²) in [7, 11) is 0. The van der Waals surface area contributed by atoms with Gasteiger partial charge < -0.3 is 10.6 Å². The van der Waals surface area contributed by atoms with Gasteiger partial charge in [0.1, 0.15) is 0 Å². The lowest BCUT2D eigenvalue weighted by molar-refractivity contribution is -0.120. The van der Waals surface area contributed by atoms with Crippen molar-refractivity contribution < 1.29 is 9.59 Å². The number of carbonyl (C=O) groups is 2. The number of nitrogens with one attached hydrogen (secondary N) is 2. The Kier molecular flexibility index (Phi) is 8.09. The van der Waals surface area contributed by atoms with Gasteiger partial charge in [0.05, 0.1) is 12.6 Å². The van der Waals surface area contributed by atoms with Crippen LogP contribution in [0.15, 0.2) is 41.1 Å². The van der Waals surface area contributed by atoms with E-state index in [1.54, 1.807) is 11.4 Å². The van der Waals surface area contributed by atoms with Gasteiger partial charge in [0, 0.05) is 22.5 Å². The van der Waals surface area contributed by atoms with E-state index in [9.17, 15) is 9.59 Å². The van der Waals surface area contributed by atoms with E-state index in [0.717, 1.165) is 18.7 Å². The zero-order chi connectivity index (χ0) is 18.9. The molecule has 2 amide bonds. The summed E-state index contributed by atoms with van der Waals surface area (Å²) in [5, 5.41) is 9.80. The Balaban J connectivity index is 1.95. The van der Waals surface area contributed by atoms with Gasteiger partial charge in [0.2, 0.25) is 5.91 Å². The molecule has 2 N–H and O–H groups in total. The summed E-state index contributed by atoms with van der Waals surface area (Å²) >= 11 is 7.80. The molecule has 1 aromatic carbocycles. The van der Waals surface area contributed by atoms with Gasteiger partial charge in [0.15, 0.2) is 0 Å². The van der Waals surface area contributed by atoms with Crippen LogP contribution in [-0.2, 0) is 4.79 Å². The number of hydrogen-bond donors (Lipinski definition) is 2. The van der Waals surface area contributed by atoms with Crippen molar-refractivity contribution in [2.45, 2.75) is 19.9 Å². The molecule has 0 aliphatic heterocycles. The minimum absolute atomic E-state index is 0.0183. The molecule has 1 aromatic heterocycles. The van der Waals surface area contributed by atoms with Crippen LogP contribution in [0.2, 0.25) is 5.02 Å². The van der Waals surface area contributed by atoms with Gasteiger partial charge in [-0.15, -0.1) is 0 Å². The van der Waals surface area contributed by atoms with Crippen LogP contribution >= 0.6 is 22.9 Å². The van der Waals surface area contributed by atoms with E-state index in [-0.39, 0.29) is 24.4 Å². The molecule has 1 atom stereocenters. The standard InChI is InChI=1S/C19H24ClN3O2S/c1-3-23(4-2)17(15-7-5-6-8-16(15)20)11-21-18(24)12-22-19(25)14-9-10-26-13-14/h5-10,13,17H,3-4,11-12H2,1-2H3,(H,21,24)(H,22,25). The monoisotopic (exact) mass is 393 g/mol. The molecule has 0 spiro atoms. The van der Waals surface area contributed by atoms with Gasteiger partial charge in [-0.25, -0.2) is 0 Å². The molecule has 1 heterocycles. The van der Waals surface area contributed by atoms with E-state index in [1.807, 2.05) is 29.6 Å². The molecule has 0 bridgehead atoms. The number of halogens is 1. The van der Waals surface area contributed by atoms with E-state index in [2.05, 4.69) is 29.4 Å². The minimum Gasteiger partial charge on any atom is -0.353 e. The molecule has 26 heavy (non-hydrogen) atoms. The summed E-state index contributed by atoms with van der Waals surface area (Å²) in [5.74, 6) is -0.467. The van der Waals surface area contributed by atoms with Crippen molar-refractivity contribution in [3.05, 3.63) is 57.2 Å². The highest BCUT2D eigenvalue weighted by atomic mass is 35.5. The maximum absolute atomic E-state index is 12.2. The van der Waals surface area contributed by atoms with Gasteiger partial charge in [-0.2, -0.15) is 11.3 Å². The third-order valence-electron chi connectivity index (χ3n) is 4.20. The van der Waals surface area contributed by atoms with Crippen molar-refractivity contribution in [2.24, 2.45) is 0 Å². The number of carbonyl (C=O) groups excluding carboxylic acids is 2. The van der Waals surface area contributed by atoms with Crippen LogP contribution < -0.4 is 10.6 Å². The van der Waals surface area contributed by atoms with Crippen LogP contribution in [0.1, 0.15) is 35.8 Å². The first-order valence-electron chi connectivity index (χ1n) is 8.62. The van der Waals surface area contributed by atoms with Gasteiger partial charge in [0.25, 0.3) is 5.91 Å². The fourth-order valence-electron chi connectivity index (χ4n) is 2.77. The molecule has 0 aliphatic rings. The summed E-state index contributed by atoms with van der Waals surface area (Å²) in [6.07, 6.45) is 0. The Morgan fingerprint density at radius 2 is 1.88 bits per heavy atom. The average Bonchev–Trinajstić information content (AvgIpc) is 3.19. The molecule has 2 rings (SSSR count). The molecule has 0 aliphatic carbocycles. The first kappa shape index (κ1) is 20.4. The number of nitrogens with zero attached hydrogens (tertiary/aromatic N) is 1. The van der Waals surface area contributed by atoms with Gasteiger partial charge in [-0.3, -0.25) is 14.5 Å². The average molecular weight is 394 g/mol. The first-order valence-corrected chi connectivity index (χ1v) is 9.94. The Morgan fingerprint density at radius 3 is 2.50 bits per heavy atom. The first-order chi connectivity index (χ1) is 12.6. The lowest BCUT2D eigenvalue weighted by Crippen LogP contribution is -2.42. The third kappa shape index (κ3) is 5.56. The van der Waals surface area contributed by atoms with Crippen molar-refractivity contribution in [2.75, 3.05) is 26.2 Å². The highest BCUT2D eigenvalue weighted by Gasteiger charge is 2.21. The summed E-state index contributed by atoms with van der Waals surface area (Å²) in [6, 6.07) is 9.39. The number of rotatable bonds is 9. The molecule has 0 radical (unpaired) electrons. The summed E-state index contributed by atoms with van der Waals surface area (Å²) in [4.78, 5) is 26.3. The summed E-state index contributed by atoms with van der Waals surface area (Å²) < 4.78 is 0. The van der Waals surface area contributed by atoms with Gasteiger partial charge >= 0.3 is 0 Å². The molecule has 7 heteroatoms. The molecule has 1 unspecified atom stereocenters. The molecule has 5 nitrogen and oxygen atoms in total. The van der Waals surface area contributed by atoms with Gasteiger partial charge in [-0.05, 0) is 36.2 Å². The SMILES string of the molecule is CCN(CC)C(CNC(=O)CNC(=O)c1ccsc1)c1ccccc1Cl. The predicted octanol–water partition coefficient (Wildman–Crippen LogP) is 3.33. The van der Waals surface area contributed by atoms with Crippen molar-refractivity contribution >= 4 is 34.8 Å². The van der Waals surface area contributed by atoms with E-state index in [0.29, 0.717) is 17.1 Å². The molecular formula is C19H24ClN3O2S. The maximum atomic E-state index is 12.2. The number of amides is 2. The Bertz CT molecular complexity index is 717. The predicted molar refractivity (Wildman–Crippen MR) is 107 cm³/mol. The Hall–Kier alpha value is -1.89. The number of hydrogen-bond acceptors (Lipinski definition) is 4. The van der Waals surface area contributed by atoms with Crippen LogP contribution in [-0.4, -0.2) is 42.9 Å². The van der Waals surface area contributed by atoms with E-state index >= 15 is 0 Å². The topological polar surface area (TPSA) is 61.4 Å². The van der Waals surface area contributed by atoms with Gasteiger partial charge in [-0.1, -0.05) is 43.6 Å². The summed E-state index contributed by atoms with van der Waals surface area (Å²) in [6.45, 7) is 6.22. The number of thiophene rings is 1. The van der Waals surface area contributed by atoms with Crippen molar-refractivity contribution in [3.8, 4) is 0 Å². The number of benzene rings is 1. The minimum atomic E-state index is -0.243. The van der Waals surface area contributed by atoms with Crippen molar-refractivity contribution in [3.63, 3.8) is 0 Å².